The van der Waals surface area contributed by atoms with E-state index in [9.17, 15) is 24.6 Å². The Morgan fingerprint density at radius 1 is 1.20 bits per heavy atom. The third-order valence-corrected chi connectivity index (χ3v) is 8.50. The lowest BCUT2D eigenvalue weighted by Gasteiger charge is -2.39. The molecule has 0 unspecified atom stereocenters. The first-order valence-corrected chi connectivity index (χ1v) is 12.5. The van der Waals surface area contributed by atoms with Crippen LogP contribution in [0.1, 0.15) is 65.7 Å². The van der Waals surface area contributed by atoms with Crippen LogP contribution in [-0.4, -0.2) is 87.7 Å². The number of esters is 2. The van der Waals surface area contributed by atoms with Gasteiger partial charge < -0.3 is 30.5 Å². The topological polar surface area (TPSA) is 160 Å². The van der Waals surface area contributed by atoms with Crippen molar-refractivity contribution in [3.05, 3.63) is 11.6 Å². The van der Waals surface area contributed by atoms with Crippen LogP contribution in [-0.2, 0) is 23.9 Å². The van der Waals surface area contributed by atoms with E-state index >= 15 is 0 Å². The molecule has 3 aliphatic heterocycles. The summed E-state index contributed by atoms with van der Waals surface area (Å²) in [4.78, 5) is 37.5. The average molecular weight is 497 g/mol. The number of carbonyl (C=O) groups is 3. The van der Waals surface area contributed by atoms with E-state index in [4.69, 9.17) is 20.3 Å². The van der Waals surface area contributed by atoms with Crippen LogP contribution in [0.4, 0.5) is 0 Å². The third kappa shape index (κ3) is 5.55. The van der Waals surface area contributed by atoms with Gasteiger partial charge in [0.15, 0.2) is 5.60 Å². The highest BCUT2D eigenvalue weighted by Gasteiger charge is 2.56. The molecule has 198 valence electrons. The van der Waals surface area contributed by atoms with Crippen molar-refractivity contribution in [2.24, 2.45) is 17.1 Å². The lowest BCUT2D eigenvalue weighted by molar-refractivity contribution is -0.205. The van der Waals surface area contributed by atoms with Gasteiger partial charge in [0.2, 0.25) is 0 Å². The molecule has 0 aromatic carbocycles. The highest BCUT2D eigenvalue weighted by atomic mass is 16.6. The zero-order valence-corrected chi connectivity index (χ0v) is 21.0. The molecule has 4 aliphatic rings. The number of cyclic esters (lactones) is 1. The Kier molecular flexibility index (Phi) is 8.30. The maximum Gasteiger partial charge on any atom is 0.341 e. The number of rotatable bonds is 3. The lowest BCUT2D eigenvalue weighted by Crippen LogP contribution is -2.61. The number of aliphatic carboxylic acids is 1. The molecule has 10 nitrogen and oxygen atoms in total. The van der Waals surface area contributed by atoms with E-state index in [0.29, 0.717) is 13.0 Å². The molecule has 0 aromatic heterocycles. The molecule has 0 spiro atoms. The van der Waals surface area contributed by atoms with Crippen molar-refractivity contribution < 1.29 is 39.2 Å². The summed E-state index contributed by atoms with van der Waals surface area (Å²) in [6.45, 7) is 5.94. The first-order valence-electron chi connectivity index (χ1n) is 12.5. The number of ether oxygens (including phenoxy) is 2. The van der Waals surface area contributed by atoms with E-state index in [0.717, 1.165) is 51.3 Å². The first-order chi connectivity index (χ1) is 16.3. The molecule has 3 fully saturated rings. The largest absolute Gasteiger partial charge is 0.481 e. The molecule has 0 radical (unpaired) electrons. The van der Waals surface area contributed by atoms with E-state index in [1.165, 1.54) is 20.3 Å². The van der Waals surface area contributed by atoms with Gasteiger partial charge in [0.1, 0.15) is 18.3 Å². The Morgan fingerprint density at radius 2 is 1.86 bits per heavy atom. The van der Waals surface area contributed by atoms with E-state index in [2.05, 4.69) is 4.90 Å². The molecule has 2 saturated heterocycles. The number of nitrogens with two attached hydrogens (primary N) is 1. The molecular weight excluding hydrogens is 456 g/mol. The summed E-state index contributed by atoms with van der Waals surface area (Å²) in [5.41, 5.74) is 2.19. The van der Waals surface area contributed by atoms with Gasteiger partial charge in [-0.25, -0.2) is 4.79 Å². The normalized spacial score (nSPS) is 37.1. The Hall–Kier alpha value is -2.01. The predicted octanol–water partition coefficient (Wildman–Crippen LogP) is 0.978. The molecule has 1 saturated carbocycles. The van der Waals surface area contributed by atoms with Gasteiger partial charge in [0.25, 0.3) is 0 Å². The van der Waals surface area contributed by atoms with Crippen LogP contribution in [0, 0.1) is 11.3 Å². The number of hydrogen-bond donors (Lipinski definition) is 4. The molecule has 0 amide bonds. The van der Waals surface area contributed by atoms with Crippen molar-refractivity contribution in [3.8, 4) is 0 Å². The summed E-state index contributed by atoms with van der Waals surface area (Å²) >= 11 is 0. The maximum atomic E-state index is 12.4. The molecule has 5 atom stereocenters. The number of aliphatic hydroxyl groups is 2. The molecule has 0 aromatic rings. The molecule has 10 heteroatoms. The van der Waals surface area contributed by atoms with Crippen molar-refractivity contribution in [1.82, 2.24) is 4.90 Å². The minimum absolute atomic E-state index is 0.0225. The van der Waals surface area contributed by atoms with Crippen molar-refractivity contribution >= 4 is 17.9 Å². The van der Waals surface area contributed by atoms with Crippen molar-refractivity contribution in [3.63, 3.8) is 0 Å². The summed E-state index contributed by atoms with van der Waals surface area (Å²) in [6, 6.07) is -0.0908. The second kappa shape index (κ2) is 10.5. The fraction of sp³-hybridized carbons (Fsp3) is 0.800. The zero-order chi connectivity index (χ0) is 26.0. The molecular formula is C25H40N2O8. The molecule has 0 bridgehead atoms. The SMILES string of the molecule is C[C@H]1C(=O)O[C@@H]2CCN3CC=C(COC(=O)[C@](C)(O)[C@]1(C)O)[C@H]23.NCC1(CC(=O)O)CCCCC1. The van der Waals surface area contributed by atoms with Crippen LogP contribution >= 0.6 is 0 Å². The number of carbonyl (C=O) groups excluding carboxylic acids is 2. The van der Waals surface area contributed by atoms with Gasteiger partial charge in [-0.15, -0.1) is 0 Å². The van der Waals surface area contributed by atoms with Gasteiger partial charge in [-0.3, -0.25) is 14.5 Å². The summed E-state index contributed by atoms with van der Waals surface area (Å²) in [5, 5.41) is 29.8. The number of hydrogen-bond acceptors (Lipinski definition) is 9. The van der Waals surface area contributed by atoms with Crippen LogP contribution in [0.2, 0.25) is 0 Å². The lowest BCUT2D eigenvalue weighted by atomic mass is 9.72. The Labute approximate surface area is 206 Å². The van der Waals surface area contributed by atoms with Crippen LogP contribution in [0.25, 0.3) is 0 Å². The Bertz CT molecular complexity index is 846. The standard InChI is InChI=1S/C16H23NO6.C9H17NO2/c1-9-13(18)23-11-5-7-17-6-4-10(12(11)17)8-22-14(19)16(3,21)15(9,2)20;10-7-9(6-8(11)12)4-2-1-3-5-9/h4,9,11-12,20-21H,5-8H2,1-3H3;1-7,10H2,(H,11,12)/t9-,11+,12+,15+,16-;/m0./s1. The van der Waals surface area contributed by atoms with E-state index < -0.39 is 35.0 Å². The first kappa shape index (κ1) is 27.6. The molecule has 35 heavy (non-hydrogen) atoms. The molecule has 1 aliphatic carbocycles. The quantitative estimate of drug-likeness (QED) is 0.327. The second-order valence-corrected chi connectivity index (χ2v) is 10.8. The van der Waals surface area contributed by atoms with Crippen LogP contribution in [0.15, 0.2) is 11.6 Å². The molecule has 4 rings (SSSR count). The van der Waals surface area contributed by atoms with Crippen molar-refractivity contribution in [1.29, 1.82) is 0 Å². The summed E-state index contributed by atoms with van der Waals surface area (Å²) < 4.78 is 10.8. The average Bonchev–Trinajstić information content (AvgIpc) is 3.39. The van der Waals surface area contributed by atoms with Crippen molar-refractivity contribution in [2.75, 3.05) is 26.2 Å². The Morgan fingerprint density at radius 3 is 2.46 bits per heavy atom. The number of carboxylic acid groups (broad SMARTS) is 1. The maximum absolute atomic E-state index is 12.4. The van der Waals surface area contributed by atoms with E-state index in [1.54, 1.807) is 0 Å². The minimum Gasteiger partial charge on any atom is -0.481 e. The fourth-order valence-corrected chi connectivity index (χ4v) is 5.60. The van der Waals surface area contributed by atoms with Gasteiger partial charge >= 0.3 is 17.9 Å². The van der Waals surface area contributed by atoms with Crippen LogP contribution in [0.5, 0.6) is 0 Å². The van der Waals surface area contributed by atoms with Crippen LogP contribution < -0.4 is 5.73 Å². The van der Waals surface area contributed by atoms with Gasteiger partial charge in [-0.05, 0) is 57.6 Å². The van der Waals surface area contributed by atoms with E-state index in [1.807, 2.05) is 6.08 Å². The molecule has 3 heterocycles. The van der Waals surface area contributed by atoms with Gasteiger partial charge in [-0.1, -0.05) is 25.3 Å². The number of carboxylic acids is 1. The van der Waals surface area contributed by atoms with Gasteiger partial charge in [0.05, 0.1) is 18.4 Å². The summed E-state index contributed by atoms with van der Waals surface area (Å²) in [5.74, 6) is -3.35. The minimum atomic E-state index is -2.22. The smallest absolute Gasteiger partial charge is 0.341 e. The third-order valence-electron chi connectivity index (χ3n) is 8.50. The zero-order valence-electron chi connectivity index (χ0n) is 21.0. The van der Waals surface area contributed by atoms with Crippen molar-refractivity contribution in [2.45, 2.75) is 89.1 Å². The van der Waals surface area contributed by atoms with Gasteiger partial charge in [-0.2, -0.15) is 0 Å². The molecule has 5 N–H and O–H groups in total. The predicted molar refractivity (Wildman–Crippen MR) is 126 cm³/mol. The summed E-state index contributed by atoms with van der Waals surface area (Å²) in [6.07, 6.45) is 8.11. The Balaban J connectivity index is 0.000000241. The number of nitrogens with zero attached hydrogens (tertiary/aromatic N) is 1. The second-order valence-electron chi connectivity index (χ2n) is 10.8. The highest BCUT2D eigenvalue weighted by Crippen LogP contribution is 2.38. The van der Waals surface area contributed by atoms with Gasteiger partial charge in [0, 0.05) is 13.1 Å². The summed E-state index contributed by atoms with van der Waals surface area (Å²) in [7, 11) is 0. The highest BCUT2D eigenvalue weighted by molar-refractivity contribution is 5.83. The van der Waals surface area contributed by atoms with Crippen LogP contribution in [0.3, 0.4) is 0 Å². The van der Waals surface area contributed by atoms with E-state index in [-0.39, 0.29) is 30.6 Å². The monoisotopic (exact) mass is 496 g/mol. The fourth-order valence-electron chi connectivity index (χ4n) is 5.60.